The molecule has 17 heavy (non-hydrogen) atoms. The molecular formula is C11H15BrO4S. The van der Waals surface area contributed by atoms with Gasteiger partial charge in [0, 0.05) is 16.3 Å². The van der Waals surface area contributed by atoms with E-state index < -0.39 is 15.9 Å². The van der Waals surface area contributed by atoms with Crippen LogP contribution in [-0.4, -0.2) is 32.1 Å². The molecule has 6 heteroatoms. The Kier molecular flexibility index (Phi) is 4.97. The Hall–Kier alpha value is -0.590. The second-order valence-corrected chi connectivity index (χ2v) is 7.01. The van der Waals surface area contributed by atoms with Crippen molar-refractivity contribution < 1.29 is 18.3 Å². The molecule has 1 N–H and O–H groups in total. The summed E-state index contributed by atoms with van der Waals surface area (Å²) in [6.07, 6.45) is 0.503. The summed E-state index contributed by atoms with van der Waals surface area (Å²) in [6, 6.07) is 5.25. The van der Waals surface area contributed by atoms with E-state index in [9.17, 15) is 13.5 Å². The van der Waals surface area contributed by atoms with Gasteiger partial charge in [-0.15, -0.1) is 0 Å². The third-order valence-corrected chi connectivity index (χ3v) is 3.54. The zero-order valence-corrected chi connectivity index (χ0v) is 12.1. The molecule has 1 rings (SSSR count). The molecule has 4 nitrogen and oxygen atoms in total. The molecule has 0 aliphatic rings. The fourth-order valence-electron chi connectivity index (χ4n) is 1.28. The molecule has 0 radical (unpaired) electrons. The Bertz CT molecular complexity index is 482. The lowest BCUT2D eigenvalue weighted by Crippen LogP contribution is -2.13. The van der Waals surface area contributed by atoms with Crippen LogP contribution in [0.25, 0.3) is 0 Å². The van der Waals surface area contributed by atoms with Gasteiger partial charge in [0.2, 0.25) is 0 Å². The van der Waals surface area contributed by atoms with E-state index in [1.807, 2.05) is 0 Å². The summed E-state index contributed by atoms with van der Waals surface area (Å²) in [7, 11) is -3.04. The first-order valence-electron chi connectivity index (χ1n) is 5.07. The van der Waals surface area contributed by atoms with E-state index in [4.69, 9.17) is 4.74 Å². The van der Waals surface area contributed by atoms with Crippen molar-refractivity contribution in [2.75, 3.05) is 18.6 Å². The number of hydrogen-bond acceptors (Lipinski definition) is 4. The Balaban J connectivity index is 2.79. The third-order valence-electron chi connectivity index (χ3n) is 2.14. The lowest BCUT2D eigenvalue weighted by molar-refractivity contribution is 0.192. The molecule has 1 aromatic carbocycles. The van der Waals surface area contributed by atoms with Crippen molar-refractivity contribution in [3.05, 3.63) is 28.2 Å². The van der Waals surface area contributed by atoms with Gasteiger partial charge in [0.05, 0.1) is 11.9 Å². The number of rotatable bonds is 5. The Morgan fingerprint density at radius 1 is 1.47 bits per heavy atom. The normalized spacial score (nSPS) is 13.4. The number of halogens is 1. The molecule has 96 valence electrons. The van der Waals surface area contributed by atoms with Crippen LogP contribution >= 0.6 is 15.9 Å². The van der Waals surface area contributed by atoms with Gasteiger partial charge in [-0.1, -0.05) is 22.0 Å². The zero-order chi connectivity index (χ0) is 13.1. The van der Waals surface area contributed by atoms with Crippen molar-refractivity contribution in [3.63, 3.8) is 0 Å². The summed E-state index contributed by atoms with van der Waals surface area (Å²) in [5, 5.41) is 9.54. The molecule has 0 fully saturated rings. The molecule has 0 bridgehead atoms. The molecule has 0 amide bonds. The highest BCUT2D eigenvalue weighted by Crippen LogP contribution is 2.28. The fraction of sp³-hybridized carbons (Fsp3) is 0.455. The maximum absolute atomic E-state index is 11.0. The van der Waals surface area contributed by atoms with Gasteiger partial charge in [-0.05, 0) is 19.1 Å². The average Bonchev–Trinajstić information content (AvgIpc) is 2.15. The van der Waals surface area contributed by atoms with E-state index in [0.717, 1.165) is 10.7 Å². The van der Waals surface area contributed by atoms with Crippen molar-refractivity contribution in [2.24, 2.45) is 0 Å². The molecule has 0 spiro atoms. The summed E-state index contributed by atoms with van der Waals surface area (Å²) in [4.78, 5) is 0. The Morgan fingerprint density at radius 3 is 2.65 bits per heavy atom. The van der Waals surface area contributed by atoms with Crippen molar-refractivity contribution in [1.82, 2.24) is 0 Å². The topological polar surface area (TPSA) is 63.6 Å². The third kappa shape index (κ3) is 5.06. The van der Waals surface area contributed by atoms with Crippen LogP contribution in [0.4, 0.5) is 0 Å². The van der Waals surface area contributed by atoms with Crippen molar-refractivity contribution in [3.8, 4) is 5.75 Å². The first-order valence-corrected chi connectivity index (χ1v) is 7.93. The molecule has 0 saturated carbocycles. The predicted octanol–water partition coefficient (Wildman–Crippen LogP) is 1.93. The van der Waals surface area contributed by atoms with Crippen LogP contribution in [0.15, 0.2) is 22.7 Å². The molecule has 1 aromatic rings. The van der Waals surface area contributed by atoms with Crippen molar-refractivity contribution >= 4 is 25.8 Å². The molecule has 0 aliphatic carbocycles. The second-order valence-electron chi connectivity index (χ2n) is 3.84. The SMILES string of the molecule is C[C@H](O)c1ccc(Br)cc1OCCS(C)(=O)=O. The highest BCUT2D eigenvalue weighted by atomic mass is 79.9. The summed E-state index contributed by atoms with van der Waals surface area (Å²) in [6.45, 7) is 1.71. The lowest BCUT2D eigenvalue weighted by Gasteiger charge is -2.13. The maximum atomic E-state index is 11.0. The summed E-state index contributed by atoms with van der Waals surface area (Å²) in [5.41, 5.74) is 0.640. The highest BCUT2D eigenvalue weighted by molar-refractivity contribution is 9.10. The lowest BCUT2D eigenvalue weighted by atomic mass is 10.1. The number of hydrogen-bond donors (Lipinski definition) is 1. The maximum Gasteiger partial charge on any atom is 0.150 e. The van der Waals surface area contributed by atoms with Crippen LogP contribution in [-0.2, 0) is 9.84 Å². The van der Waals surface area contributed by atoms with Crippen LogP contribution in [0.1, 0.15) is 18.6 Å². The Labute approximate surface area is 110 Å². The summed E-state index contributed by atoms with van der Waals surface area (Å²) < 4.78 is 28.1. The second kappa shape index (κ2) is 5.84. The van der Waals surface area contributed by atoms with Crippen LogP contribution in [0, 0.1) is 0 Å². The molecule has 0 aromatic heterocycles. The van der Waals surface area contributed by atoms with Crippen molar-refractivity contribution in [1.29, 1.82) is 0 Å². The summed E-state index contributed by atoms with van der Waals surface area (Å²) >= 11 is 3.30. The van der Waals surface area contributed by atoms with E-state index >= 15 is 0 Å². The molecule has 0 saturated heterocycles. The number of ether oxygens (including phenoxy) is 1. The minimum Gasteiger partial charge on any atom is -0.492 e. The minimum absolute atomic E-state index is 0.0429. The summed E-state index contributed by atoms with van der Waals surface area (Å²) in [5.74, 6) is 0.455. The zero-order valence-electron chi connectivity index (χ0n) is 9.68. The van der Waals surface area contributed by atoms with Crippen LogP contribution in [0.5, 0.6) is 5.75 Å². The van der Waals surface area contributed by atoms with E-state index in [1.54, 1.807) is 25.1 Å². The van der Waals surface area contributed by atoms with Gasteiger partial charge in [-0.25, -0.2) is 8.42 Å². The largest absolute Gasteiger partial charge is 0.492 e. The first kappa shape index (κ1) is 14.5. The van der Waals surface area contributed by atoms with Gasteiger partial charge in [0.25, 0.3) is 0 Å². The van der Waals surface area contributed by atoms with Gasteiger partial charge in [0.1, 0.15) is 12.4 Å². The van der Waals surface area contributed by atoms with Crippen LogP contribution in [0.3, 0.4) is 0 Å². The van der Waals surface area contributed by atoms with Gasteiger partial charge >= 0.3 is 0 Å². The van der Waals surface area contributed by atoms with Gasteiger partial charge in [0.15, 0.2) is 9.84 Å². The molecular weight excluding hydrogens is 308 g/mol. The standard InChI is InChI=1S/C11H15BrO4S/c1-8(13)10-4-3-9(12)7-11(10)16-5-6-17(2,14)15/h3-4,7-8,13H,5-6H2,1-2H3/t8-/m0/s1. The molecule has 0 unspecified atom stereocenters. The highest BCUT2D eigenvalue weighted by Gasteiger charge is 2.10. The van der Waals surface area contributed by atoms with E-state index in [1.165, 1.54) is 0 Å². The monoisotopic (exact) mass is 322 g/mol. The predicted molar refractivity (Wildman–Crippen MR) is 70.0 cm³/mol. The van der Waals surface area contributed by atoms with Crippen molar-refractivity contribution in [2.45, 2.75) is 13.0 Å². The van der Waals surface area contributed by atoms with Crippen LogP contribution < -0.4 is 4.74 Å². The average molecular weight is 323 g/mol. The number of aliphatic hydroxyl groups excluding tert-OH is 1. The van der Waals surface area contributed by atoms with Gasteiger partial charge < -0.3 is 9.84 Å². The van der Waals surface area contributed by atoms with Crippen LogP contribution in [0.2, 0.25) is 0 Å². The quantitative estimate of drug-likeness (QED) is 0.899. The Morgan fingerprint density at radius 2 is 2.12 bits per heavy atom. The fourth-order valence-corrected chi connectivity index (χ4v) is 2.01. The molecule has 1 atom stereocenters. The number of aliphatic hydroxyl groups is 1. The molecule has 0 aliphatic heterocycles. The van der Waals surface area contributed by atoms with Gasteiger partial charge in [-0.3, -0.25) is 0 Å². The molecule has 0 heterocycles. The van der Waals surface area contributed by atoms with E-state index in [-0.39, 0.29) is 12.4 Å². The number of benzene rings is 1. The van der Waals surface area contributed by atoms with E-state index in [2.05, 4.69) is 15.9 Å². The van der Waals surface area contributed by atoms with Gasteiger partial charge in [-0.2, -0.15) is 0 Å². The smallest absolute Gasteiger partial charge is 0.150 e. The van der Waals surface area contributed by atoms with E-state index in [0.29, 0.717) is 11.3 Å². The minimum atomic E-state index is -3.04. The first-order chi connectivity index (χ1) is 7.79. The number of sulfone groups is 1.